The Morgan fingerprint density at radius 3 is 2.29 bits per heavy atom. The van der Waals surface area contributed by atoms with Crippen molar-refractivity contribution < 1.29 is 4.79 Å². The summed E-state index contributed by atoms with van der Waals surface area (Å²) in [4.78, 5) is 15.9. The summed E-state index contributed by atoms with van der Waals surface area (Å²) in [5, 5.41) is 9.39. The third-order valence-corrected chi connectivity index (χ3v) is 4.39. The average Bonchev–Trinajstić information content (AvgIpc) is 2.53. The zero-order valence-electron chi connectivity index (χ0n) is 14.6. The summed E-state index contributed by atoms with van der Waals surface area (Å²) in [5.41, 5.74) is 1.58. The SMILES string of the molecule is CCNC(=O)CN=C(NCC)NCC1(c2ccccc2)CCC1.I. The second-order valence-electron chi connectivity index (χ2n) is 6.00. The van der Waals surface area contributed by atoms with E-state index in [0.29, 0.717) is 12.5 Å². The summed E-state index contributed by atoms with van der Waals surface area (Å²) in [7, 11) is 0. The number of hydrogen-bond donors (Lipinski definition) is 3. The lowest BCUT2D eigenvalue weighted by Crippen LogP contribution is -2.49. The van der Waals surface area contributed by atoms with Crippen molar-refractivity contribution in [2.45, 2.75) is 38.5 Å². The van der Waals surface area contributed by atoms with E-state index in [2.05, 4.69) is 51.3 Å². The van der Waals surface area contributed by atoms with Crippen molar-refractivity contribution in [3.8, 4) is 0 Å². The average molecular weight is 444 g/mol. The molecule has 1 aromatic carbocycles. The van der Waals surface area contributed by atoms with Gasteiger partial charge in [-0.25, -0.2) is 4.99 Å². The van der Waals surface area contributed by atoms with Crippen molar-refractivity contribution in [3.63, 3.8) is 0 Å². The molecule has 0 radical (unpaired) electrons. The molecule has 2 rings (SSSR count). The van der Waals surface area contributed by atoms with Crippen LogP contribution in [-0.4, -0.2) is 38.0 Å². The minimum absolute atomic E-state index is 0. The Hall–Kier alpha value is -1.31. The molecule has 0 heterocycles. The first-order valence-corrected chi connectivity index (χ1v) is 8.54. The Bertz CT molecular complexity index is 529. The molecule has 0 saturated heterocycles. The van der Waals surface area contributed by atoms with Crippen molar-refractivity contribution in [2.24, 2.45) is 4.99 Å². The Morgan fingerprint density at radius 1 is 1.08 bits per heavy atom. The van der Waals surface area contributed by atoms with Gasteiger partial charge in [-0.2, -0.15) is 0 Å². The highest BCUT2D eigenvalue weighted by molar-refractivity contribution is 14.0. The molecule has 0 spiro atoms. The number of guanidine groups is 1. The van der Waals surface area contributed by atoms with Gasteiger partial charge >= 0.3 is 0 Å². The molecule has 6 heteroatoms. The number of carbonyl (C=O) groups is 1. The van der Waals surface area contributed by atoms with E-state index in [0.717, 1.165) is 13.1 Å². The molecule has 0 atom stereocenters. The highest BCUT2D eigenvalue weighted by atomic mass is 127. The van der Waals surface area contributed by atoms with E-state index >= 15 is 0 Å². The van der Waals surface area contributed by atoms with Gasteiger partial charge in [-0.3, -0.25) is 4.79 Å². The topological polar surface area (TPSA) is 65.5 Å². The number of nitrogens with one attached hydrogen (secondary N) is 3. The molecular formula is C18H29IN4O. The number of aliphatic imine (C=N–C) groups is 1. The van der Waals surface area contributed by atoms with Crippen LogP contribution in [0, 0.1) is 0 Å². The molecule has 0 aromatic heterocycles. The van der Waals surface area contributed by atoms with Gasteiger partial charge in [-0.15, -0.1) is 24.0 Å². The molecule has 0 bridgehead atoms. The number of rotatable bonds is 7. The molecule has 3 N–H and O–H groups in total. The van der Waals surface area contributed by atoms with Gasteiger partial charge in [-0.05, 0) is 32.3 Å². The molecule has 1 amide bonds. The maximum absolute atomic E-state index is 11.6. The van der Waals surface area contributed by atoms with E-state index in [9.17, 15) is 4.79 Å². The molecule has 0 unspecified atom stereocenters. The van der Waals surface area contributed by atoms with Gasteiger partial charge in [0.05, 0.1) is 0 Å². The van der Waals surface area contributed by atoms with Crippen LogP contribution in [0.15, 0.2) is 35.3 Å². The molecule has 1 saturated carbocycles. The van der Waals surface area contributed by atoms with Crippen LogP contribution >= 0.6 is 24.0 Å². The zero-order valence-corrected chi connectivity index (χ0v) is 16.9. The van der Waals surface area contributed by atoms with Crippen LogP contribution in [0.2, 0.25) is 0 Å². The first-order valence-electron chi connectivity index (χ1n) is 8.54. The number of amides is 1. The van der Waals surface area contributed by atoms with Crippen LogP contribution in [-0.2, 0) is 10.2 Å². The third-order valence-electron chi connectivity index (χ3n) is 4.39. The fourth-order valence-electron chi connectivity index (χ4n) is 2.96. The number of halogens is 1. The molecule has 1 fully saturated rings. The summed E-state index contributed by atoms with van der Waals surface area (Å²) in [5.74, 6) is 0.659. The highest BCUT2D eigenvalue weighted by Gasteiger charge is 2.38. The first-order chi connectivity index (χ1) is 11.2. The predicted octanol–water partition coefficient (Wildman–Crippen LogP) is 2.42. The van der Waals surface area contributed by atoms with Crippen LogP contribution in [0.1, 0.15) is 38.7 Å². The fraction of sp³-hybridized carbons (Fsp3) is 0.556. The lowest BCUT2D eigenvalue weighted by molar-refractivity contribution is -0.119. The summed E-state index contributed by atoms with van der Waals surface area (Å²) in [6.45, 7) is 6.35. The number of carbonyl (C=O) groups excluding carboxylic acids is 1. The second kappa shape index (κ2) is 10.5. The minimum Gasteiger partial charge on any atom is -0.357 e. The Kier molecular flexibility index (Phi) is 9.10. The van der Waals surface area contributed by atoms with Gasteiger partial charge in [0.25, 0.3) is 0 Å². The summed E-state index contributed by atoms with van der Waals surface area (Å²) < 4.78 is 0. The van der Waals surface area contributed by atoms with Crippen molar-refractivity contribution >= 4 is 35.8 Å². The molecule has 0 aliphatic heterocycles. The van der Waals surface area contributed by atoms with Crippen LogP contribution < -0.4 is 16.0 Å². The summed E-state index contributed by atoms with van der Waals surface area (Å²) in [6.07, 6.45) is 3.66. The second-order valence-corrected chi connectivity index (χ2v) is 6.00. The molecule has 1 aliphatic carbocycles. The highest BCUT2D eigenvalue weighted by Crippen LogP contribution is 2.43. The Morgan fingerprint density at radius 2 is 1.75 bits per heavy atom. The molecule has 1 aromatic rings. The van der Waals surface area contributed by atoms with Crippen molar-refractivity contribution in [3.05, 3.63) is 35.9 Å². The first kappa shape index (κ1) is 20.7. The van der Waals surface area contributed by atoms with Gasteiger partial charge in [-0.1, -0.05) is 36.8 Å². The molecule has 24 heavy (non-hydrogen) atoms. The van der Waals surface area contributed by atoms with Crippen molar-refractivity contribution in [1.82, 2.24) is 16.0 Å². The van der Waals surface area contributed by atoms with Crippen LogP contribution in [0.3, 0.4) is 0 Å². The van der Waals surface area contributed by atoms with Gasteiger partial charge in [0.2, 0.25) is 5.91 Å². The van der Waals surface area contributed by atoms with E-state index in [1.807, 2.05) is 13.8 Å². The van der Waals surface area contributed by atoms with Crippen LogP contribution in [0.5, 0.6) is 0 Å². The number of nitrogens with zero attached hydrogens (tertiary/aromatic N) is 1. The number of hydrogen-bond acceptors (Lipinski definition) is 2. The third kappa shape index (κ3) is 5.65. The standard InChI is InChI=1S/C18H28N4O.HI/c1-3-19-16(23)13-21-17(20-4-2)22-14-18(11-8-12-18)15-9-6-5-7-10-15;/h5-7,9-10H,3-4,8,11-14H2,1-2H3,(H,19,23)(H2,20,21,22);1H. The van der Waals surface area contributed by atoms with Crippen molar-refractivity contribution in [1.29, 1.82) is 0 Å². The van der Waals surface area contributed by atoms with Gasteiger partial charge in [0.1, 0.15) is 6.54 Å². The van der Waals surface area contributed by atoms with Crippen LogP contribution in [0.4, 0.5) is 0 Å². The van der Waals surface area contributed by atoms with E-state index < -0.39 is 0 Å². The lowest BCUT2D eigenvalue weighted by Gasteiger charge is -2.43. The lowest BCUT2D eigenvalue weighted by atomic mass is 9.64. The fourth-order valence-corrected chi connectivity index (χ4v) is 2.96. The van der Waals surface area contributed by atoms with E-state index in [4.69, 9.17) is 0 Å². The van der Waals surface area contributed by atoms with Crippen molar-refractivity contribution in [2.75, 3.05) is 26.2 Å². The van der Waals surface area contributed by atoms with Gasteiger partial charge < -0.3 is 16.0 Å². The number of likely N-dealkylation sites (N-methyl/N-ethyl adjacent to an activating group) is 1. The van der Waals surface area contributed by atoms with Gasteiger partial charge in [0, 0.05) is 25.0 Å². The maximum atomic E-state index is 11.6. The largest absolute Gasteiger partial charge is 0.357 e. The van der Waals surface area contributed by atoms with E-state index in [-0.39, 0.29) is 41.8 Å². The van der Waals surface area contributed by atoms with E-state index in [1.54, 1.807) is 0 Å². The molecule has 1 aliphatic rings. The zero-order chi connectivity index (χ0) is 16.5. The van der Waals surface area contributed by atoms with E-state index in [1.165, 1.54) is 24.8 Å². The Labute approximate surface area is 162 Å². The van der Waals surface area contributed by atoms with Crippen LogP contribution in [0.25, 0.3) is 0 Å². The molecular weight excluding hydrogens is 415 g/mol. The quantitative estimate of drug-likeness (QED) is 0.344. The smallest absolute Gasteiger partial charge is 0.241 e. The Balaban J connectivity index is 0.00000288. The molecule has 134 valence electrons. The van der Waals surface area contributed by atoms with Gasteiger partial charge in [0.15, 0.2) is 5.96 Å². The maximum Gasteiger partial charge on any atom is 0.241 e. The molecule has 5 nitrogen and oxygen atoms in total. The monoisotopic (exact) mass is 444 g/mol. The summed E-state index contributed by atoms with van der Waals surface area (Å²) in [6, 6.07) is 10.7. The minimum atomic E-state index is -0.0499. The predicted molar refractivity (Wildman–Crippen MR) is 110 cm³/mol. The normalized spacial score (nSPS) is 15.7. The number of benzene rings is 1. The summed E-state index contributed by atoms with van der Waals surface area (Å²) >= 11 is 0.